The van der Waals surface area contributed by atoms with Gasteiger partial charge in [0.05, 0.1) is 0 Å². The van der Waals surface area contributed by atoms with Crippen molar-refractivity contribution >= 4 is 40.2 Å². The Morgan fingerprint density at radius 3 is 2.73 bits per heavy atom. The molecule has 2 aromatic carbocycles. The summed E-state index contributed by atoms with van der Waals surface area (Å²) < 4.78 is 6.05. The van der Waals surface area contributed by atoms with E-state index >= 15 is 0 Å². The van der Waals surface area contributed by atoms with Gasteiger partial charge >= 0.3 is 0 Å². The van der Waals surface area contributed by atoms with Crippen molar-refractivity contribution in [2.24, 2.45) is 0 Å². The average Bonchev–Trinajstić information content (AvgIpc) is 3.42. The highest BCUT2D eigenvalue weighted by Gasteiger charge is 2.23. The van der Waals surface area contributed by atoms with Crippen molar-refractivity contribution in [1.82, 2.24) is 4.90 Å². The molecule has 1 saturated heterocycles. The summed E-state index contributed by atoms with van der Waals surface area (Å²) in [6.07, 6.45) is 8.01. The van der Waals surface area contributed by atoms with Crippen molar-refractivity contribution in [1.29, 1.82) is 0 Å². The SMILES string of the molecule is O=C(Nc1cccc(CN2CCCC2=O)c1)c1oc2ccccc2c1CSC1CCCCC1. The first kappa shape index (κ1) is 22.1. The summed E-state index contributed by atoms with van der Waals surface area (Å²) in [5, 5.41) is 4.71. The van der Waals surface area contributed by atoms with Crippen molar-refractivity contribution in [3.63, 3.8) is 0 Å². The summed E-state index contributed by atoms with van der Waals surface area (Å²) in [6, 6.07) is 15.6. The van der Waals surface area contributed by atoms with Crippen LogP contribution in [0.1, 0.15) is 66.6 Å². The van der Waals surface area contributed by atoms with E-state index < -0.39 is 0 Å². The summed E-state index contributed by atoms with van der Waals surface area (Å²) in [6.45, 7) is 1.38. The Labute approximate surface area is 198 Å². The Balaban J connectivity index is 1.33. The number of hydrogen-bond donors (Lipinski definition) is 1. The molecule has 5 nitrogen and oxygen atoms in total. The molecule has 2 heterocycles. The van der Waals surface area contributed by atoms with Crippen LogP contribution in [-0.4, -0.2) is 28.5 Å². The highest BCUT2D eigenvalue weighted by Crippen LogP contribution is 2.35. The topological polar surface area (TPSA) is 62.6 Å². The lowest BCUT2D eigenvalue weighted by atomic mass is 10.0. The van der Waals surface area contributed by atoms with Gasteiger partial charge in [-0.2, -0.15) is 11.8 Å². The number of anilines is 1. The molecule has 1 N–H and O–H groups in total. The highest BCUT2D eigenvalue weighted by molar-refractivity contribution is 7.99. The van der Waals surface area contributed by atoms with E-state index in [2.05, 4.69) is 5.32 Å². The third-order valence-electron chi connectivity index (χ3n) is 6.65. The summed E-state index contributed by atoms with van der Waals surface area (Å²) in [4.78, 5) is 27.1. The van der Waals surface area contributed by atoms with Crippen LogP contribution in [0.25, 0.3) is 11.0 Å². The van der Waals surface area contributed by atoms with E-state index in [0.29, 0.717) is 24.0 Å². The number of amides is 2. The van der Waals surface area contributed by atoms with Crippen LogP contribution in [0.3, 0.4) is 0 Å². The van der Waals surface area contributed by atoms with E-state index in [4.69, 9.17) is 4.42 Å². The summed E-state index contributed by atoms with van der Waals surface area (Å²) >= 11 is 1.95. The predicted octanol–water partition coefficient (Wildman–Crippen LogP) is 6.37. The van der Waals surface area contributed by atoms with E-state index in [-0.39, 0.29) is 11.8 Å². The number of nitrogens with zero attached hydrogens (tertiary/aromatic N) is 1. The van der Waals surface area contributed by atoms with Crippen molar-refractivity contribution in [3.05, 3.63) is 65.4 Å². The third kappa shape index (κ3) is 5.11. The molecule has 0 spiro atoms. The minimum absolute atomic E-state index is 0.201. The molecule has 3 aromatic rings. The largest absolute Gasteiger partial charge is 0.451 e. The van der Waals surface area contributed by atoms with Crippen molar-refractivity contribution < 1.29 is 14.0 Å². The molecule has 2 amide bonds. The molecule has 0 radical (unpaired) electrons. The number of likely N-dealkylation sites (tertiary alicyclic amines) is 1. The first-order valence-electron chi connectivity index (χ1n) is 12.0. The molecule has 2 aliphatic rings. The van der Waals surface area contributed by atoms with Gasteiger partial charge in [-0.3, -0.25) is 9.59 Å². The van der Waals surface area contributed by atoms with Gasteiger partial charge in [0, 0.05) is 47.2 Å². The van der Waals surface area contributed by atoms with Gasteiger partial charge in [-0.1, -0.05) is 49.6 Å². The number of nitrogens with one attached hydrogen (secondary N) is 1. The van der Waals surface area contributed by atoms with Crippen LogP contribution in [0.4, 0.5) is 5.69 Å². The van der Waals surface area contributed by atoms with Crippen LogP contribution in [0.15, 0.2) is 52.9 Å². The number of rotatable bonds is 7. The third-order valence-corrected chi connectivity index (χ3v) is 8.05. The lowest BCUT2D eigenvalue weighted by molar-refractivity contribution is -0.128. The number of furan rings is 1. The molecule has 1 aliphatic heterocycles. The molecule has 172 valence electrons. The number of para-hydroxylation sites is 1. The second kappa shape index (κ2) is 10.0. The van der Waals surface area contributed by atoms with Crippen LogP contribution in [-0.2, 0) is 17.1 Å². The Bertz CT molecular complexity index is 1150. The molecule has 33 heavy (non-hydrogen) atoms. The van der Waals surface area contributed by atoms with E-state index in [9.17, 15) is 9.59 Å². The Hall–Kier alpha value is -2.73. The van der Waals surface area contributed by atoms with Gasteiger partial charge in [0.1, 0.15) is 5.58 Å². The summed E-state index contributed by atoms with van der Waals surface area (Å²) in [7, 11) is 0. The minimum Gasteiger partial charge on any atom is -0.451 e. The van der Waals surface area contributed by atoms with Gasteiger partial charge in [0.2, 0.25) is 5.91 Å². The molecule has 1 saturated carbocycles. The molecule has 1 aromatic heterocycles. The number of fused-ring (bicyclic) bond motifs is 1. The lowest BCUT2D eigenvalue weighted by Crippen LogP contribution is -2.23. The molecule has 5 rings (SSSR count). The molecule has 2 fully saturated rings. The fraction of sp³-hybridized carbons (Fsp3) is 0.407. The lowest BCUT2D eigenvalue weighted by Gasteiger charge is -2.20. The first-order valence-corrected chi connectivity index (χ1v) is 13.0. The van der Waals surface area contributed by atoms with E-state index in [0.717, 1.165) is 46.5 Å². The molecule has 0 atom stereocenters. The van der Waals surface area contributed by atoms with Crippen LogP contribution >= 0.6 is 11.8 Å². The van der Waals surface area contributed by atoms with Crippen molar-refractivity contribution in [2.75, 3.05) is 11.9 Å². The zero-order valence-corrected chi connectivity index (χ0v) is 19.7. The maximum Gasteiger partial charge on any atom is 0.291 e. The first-order chi connectivity index (χ1) is 16.2. The summed E-state index contributed by atoms with van der Waals surface area (Å²) in [5.74, 6) is 1.16. The maximum absolute atomic E-state index is 13.3. The summed E-state index contributed by atoms with van der Waals surface area (Å²) in [5.41, 5.74) is 3.47. The van der Waals surface area contributed by atoms with Gasteiger partial charge in [0.25, 0.3) is 5.91 Å². The fourth-order valence-corrected chi connectivity index (χ4v) is 6.24. The van der Waals surface area contributed by atoms with E-state index in [1.807, 2.05) is 65.2 Å². The highest BCUT2D eigenvalue weighted by atomic mass is 32.2. The number of benzene rings is 2. The van der Waals surface area contributed by atoms with Crippen LogP contribution in [0.2, 0.25) is 0 Å². The number of carbonyl (C=O) groups excluding carboxylic acids is 2. The van der Waals surface area contributed by atoms with Crippen LogP contribution in [0.5, 0.6) is 0 Å². The van der Waals surface area contributed by atoms with Gasteiger partial charge < -0.3 is 14.6 Å². The number of carbonyl (C=O) groups is 2. The van der Waals surface area contributed by atoms with E-state index in [1.165, 1.54) is 32.1 Å². The van der Waals surface area contributed by atoms with Crippen LogP contribution < -0.4 is 5.32 Å². The molecular weight excluding hydrogens is 432 g/mol. The van der Waals surface area contributed by atoms with Gasteiger partial charge in [-0.25, -0.2) is 0 Å². The van der Waals surface area contributed by atoms with Crippen LogP contribution in [0, 0.1) is 0 Å². The number of thioether (sulfide) groups is 1. The van der Waals surface area contributed by atoms with Crippen molar-refractivity contribution in [3.8, 4) is 0 Å². The second-order valence-corrected chi connectivity index (χ2v) is 10.3. The average molecular weight is 463 g/mol. The zero-order valence-electron chi connectivity index (χ0n) is 18.8. The quantitative estimate of drug-likeness (QED) is 0.443. The maximum atomic E-state index is 13.3. The number of hydrogen-bond acceptors (Lipinski definition) is 4. The fourth-order valence-electron chi connectivity index (χ4n) is 4.89. The standard InChI is InChI=1S/C27H30N2O3S/c30-25-14-7-15-29(25)17-19-8-6-9-20(16-19)28-27(31)26-23(18-33-21-10-2-1-3-11-21)22-12-4-5-13-24(22)32-26/h4-6,8-9,12-13,16,21H,1-3,7,10-11,14-15,17-18H2,(H,28,31). The van der Waals surface area contributed by atoms with Gasteiger partial charge in [-0.15, -0.1) is 0 Å². The van der Waals surface area contributed by atoms with Crippen molar-refractivity contribution in [2.45, 2.75) is 62.5 Å². The second-order valence-electron chi connectivity index (χ2n) is 9.05. The molecule has 1 aliphatic carbocycles. The minimum atomic E-state index is -0.222. The Morgan fingerprint density at radius 1 is 1.06 bits per heavy atom. The molecule has 6 heteroatoms. The Kier molecular flexibility index (Phi) is 6.72. The predicted molar refractivity (Wildman–Crippen MR) is 133 cm³/mol. The smallest absolute Gasteiger partial charge is 0.291 e. The molecular formula is C27H30N2O3S. The molecule has 0 bridgehead atoms. The van der Waals surface area contributed by atoms with Gasteiger partial charge in [-0.05, 0) is 43.0 Å². The van der Waals surface area contributed by atoms with E-state index in [1.54, 1.807) is 0 Å². The van der Waals surface area contributed by atoms with Gasteiger partial charge in [0.15, 0.2) is 5.76 Å². The normalized spacial score (nSPS) is 17.1. The Morgan fingerprint density at radius 2 is 1.91 bits per heavy atom. The monoisotopic (exact) mass is 462 g/mol. The zero-order chi connectivity index (χ0) is 22.6. The molecule has 0 unspecified atom stereocenters.